The van der Waals surface area contributed by atoms with Gasteiger partial charge in [-0.1, -0.05) is 38.4 Å². The van der Waals surface area contributed by atoms with Gasteiger partial charge in [0.2, 0.25) is 0 Å². The summed E-state index contributed by atoms with van der Waals surface area (Å²) in [5, 5.41) is 3.20. The molecular formula is C21H24ClNO4. The van der Waals surface area contributed by atoms with Crippen LogP contribution in [0.1, 0.15) is 49.2 Å². The van der Waals surface area contributed by atoms with E-state index in [2.05, 4.69) is 26.1 Å². The fraction of sp³-hybridized carbons (Fsp3) is 0.333. The van der Waals surface area contributed by atoms with E-state index in [1.807, 2.05) is 13.0 Å². The molecule has 0 aliphatic rings. The highest BCUT2D eigenvalue weighted by molar-refractivity contribution is 6.30. The van der Waals surface area contributed by atoms with Crippen LogP contribution in [-0.2, 0) is 10.2 Å². The van der Waals surface area contributed by atoms with Gasteiger partial charge in [-0.05, 0) is 60.7 Å². The van der Waals surface area contributed by atoms with Crippen LogP contribution < -0.4 is 10.1 Å². The number of benzene rings is 2. The Balaban J connectivity index is 2.41. The van der Waals surface area contributed by atoms with E-state index in [-0.39, 0.29) is 17.8 Å². The van der Waals surface area contributed by atoms with Gasteiger partial charge in [0, 0.05) is 5.02 Å². The number of ether oxygens (including phenoxy) is 2. The van der Waals surface area contributed by atoms with Gasteiger partial charge >= 0.3 is 12.1 Å². The monoisotopic (exact) mass is 389 g/mol. The number of rotatable bonds is 4. The minimum absolute atomic E-state index is 0.144. The molecule has 0 aliphatic carbocycles. The largest absolute Gasteiger partial charge is 0.450 e. The fourth-order valence-electron chi connectivity index (χ4n) is 2.45. The van der Waals surface area contributed by atoms with Gasteiger partial charge in [-0.15, -0.1) is 0 Å². The van der Waals surface area contributed by atoms with Gasteiger partial charge < -0.3 is 9.47 Å². The average molecular weight is 390 g/mol. The summed E-state index contributed by atoms with van der Waals surface area (Å²) < 4.78 is 10.6. The Morgan fingerprint density at radius 2 is 1.74 bits per heavy atom. The number of carbonyl (C=O) groups excluding carboxylic acids is 2. The Morgan fingerprint density at radius 3 is 2.30 bits per heavy atom. The lowest BCUT2D eigenvalue weighted by Crippen LogP contribution is -2.18. The number of carbonyl (C=O) groups is 2. The molecular weight excluding hydrogens is 366 g/mol. The number of anilines is 1. The maximum absolute atomic E-state index is 12.5. The molecule has 144 valence electrons. The first-order valence-electron chi connectivity index (χ1n) is 8.68. The molecule has 2 aromatic carbocycles. The number of hydrogen-bond donors (Lipinski definition) is 1. The Bertz CT molecular complexity index is 838. The van der Waals surface area contributed by atoms with Crippen molar-refractivity contribution >= 4 is 29.4 Å². The van der Waals surface area contributed by atoms with Crippen molar-refractivity contribution in [2.75, 3.05) is 11.9 Å². The second kappa shape index (κ2) is 8.44. The normalized spacial score (nSPS) is 11.0. The first kappa shape index (κ1) is 20.8. The maximum atomic E-state index is 12.5. The van der Waals surface area contributed by atoms with Crippen LogP contribution in [0, 0.1) is 6.92 Å². The molecule has 0 aromatic heterocycles. The number of aryl methyl sites for hydroxylation is 1. The standard InChI is InChI=1S/C21H24ClNO4/c1-6-26-20(25)23-17-12-15(21(3,4)5)11-13(2)18(17)27-19(24)14-7-9-16(22)10-8-14/h7-12H,6H2,1-5H3,(H,23,25). The molecule has 1 amide bonds. The molecule has 0 saturated heterocycles. The number of esters is 1. The quantitative estimate of drug-likeness (QED) is 0.535. The molecule has 0 heterocycles. The van der Waals surface area contributed by atoms with E-state index >= 15 is 0 Å². The van der Waals surface area contributed by atoms with E-state index in [0.717, 1.165) is 11.1 Å². The van der Waals surface area contributed by atoms with Crippen LogP contribution in [0.25, 0.3) is 0 Å². The molecule has 0 unspecified atom stereocenters. The van der Waals surface area contributed by atoms with Crippen LogP contribution in [0.15, 0.2) is 36.4 Å². The summed E-state index contributed by atoms with van der Waals surface area (Å²) in [6.45, 7) is 9.98. The summed E-state index contributed by atoms with van der Waals surface area (Å²) in [4.78, 5) is 24.5. The topological polar surface area (TPSA) is 64.6 Å². The van der Waals surface area contributed by atoms with E-state index in [9.17, 15) is 9.59 Å². The summed E-state index contributed by atoms with van der Waals surface area (Å²) >= 11 is 5.86. The molecule has 1 N–H and O–H groups in total. The van der Waals surface area contributed by atoms with Crippen LogP contribution in [-0.4, -0.2) is 18.7 Å². The maximum Gasteiger partial charge on any atom is 0.411 e. The van der Waals surface area contributed by atoms with Crippen molar-refractivity contribution < 1.29 is 19.1 Å². The molecule has 0 radical (unpaired) electrons. The highest BCUT2D eigenvalue weighted by Crippen LogP contribution is 2.35. The van der Waals surface area contributed by atoms with Crippen molar-refractivity contribution in [3.63, 3.8) is 0 Å². The molecule has 0 spiro atoms. The fourth-order valence-corrected chi connectivity index (χ4v) is 2.58. The summed E-state index contributed by atoms with van der Waals surface area (Å²) in [5.41, 5.74) is 2.34. The summed E-state index contributed by atoms with van der Waals surface area (Å²) in [6, 6.07) is 10.1. The summed E-state index contributed by atoms with van der Waals surface area (Å²) in [5.74, 6) is -0.249. The number of nitrogens with one attached hydrogen (secondary N) is 1. The first-order chi connectivity index (χ1) is 12.6. The highest BCUT2D eigenvalue weighted by atomic mass is 35.5. The zero-order chi connectivity index (χ0) is 20.2. The van der Waals surface area contributed by atoms with Gasteiger partial charge in [0.25, 0.3) is 0 Å². The molecule has 5 nitrogen and oxygen atoms in total. The van der Waals surface area contributed by atoms with Crippen LogP contribution in [0.5, 0.6) is 5.75 Å². The lowest BCUT2D eigenvalue weighted by Gasteiger charge is -2.23. The smallest absolute Gasteiger partial charge is 0.411 e. The third-order valence-corrected chi connectivity index (χ3v) is 4.18. The van der Waals surface area contributed by atoms with E-state index < -0.39 is 12.1 Å². The second-order valence-electron chi connectivity index (χ2n) is 7.16. The second-order valence-corrected chi connectivity index (χ2v) is 7.60. The molecule has 6 heteroatoms. The molecule has 0 atom stereocenters. The average Bonchev–Trinajstić information content (AvgIpc) is 2.57. The van der Waals surface area contributed by atoms with E-state index in [4.69, 9.17) is 21.1 Å². The van der Waals surface area contributed by atoms with Crippen LogP contribution in [0.3, 0.4) is 0 Å². The van der Waals surface area contributed by atoms with Crippen molar-refractivity contribution in [2.45, 2.75) is 40.0 Å². The molecule has 0 aliphatic heterocycles. The molecule has 2 aromatic rings. The molecule has 2 rings (SSSR count). The van der Waals surface area contributed by atoms with Gasteiger partial charge in [0.05, 0.1) is 17.9 Å². The van der Waals surface area contributed by atoms with Crippen molar-refractivity contribution in [1.82, 2.24) is 0 Å². The van der Waals surface area contributed by atoms with Crippen LogP contribution in [0.4, 0.5) is 10.5 Å². The van der Waals surface area contributed by atoms with Crippen LogP contribution >= 0.6 is 11.6 Å². The highest BCUT2D eigenvalue weighted by Gasteiger charge is 2.21. The van der Waals surface area contributed by atoms with Crippen LogP contribution in [0.2, 0.25) is 5.02 Å². The van der Waals surface area contributed by atoms with Crippen molar-refractivity contribution in [3.8, 4) is 5.75 Å². The SMILES string of the molecule is CCOC(=O)Nc1cc(C(C)(C)C)cc(C)c1OC(=O)c1ccc(Cl)cc1. The predicted molar refractivity (Wildman–Crippen MR) is 107 cm³/mol. The van der Waals surface area contributed by atoms with Gasteiger partial charge in [-0.2, -0.15) is 0 Å². The van der Waals surface area contributed by atoms with E-state index in [0.29, 0.717) is 16.3 Å². The van der Waals surface area contributed by atoms with Crippen molar-refractivity contribution in [2.24, 2.45) is 0 Å². The van der Waals surface area contributed by atoms with E-state index in [1.165, 1.54) is 0 Å². The number of amides is 1. The van der Waals surface area contributed by atoms with Gasteiger partial charge in [0.1, 0.15) is 0 Å². The lowest BCUT2D eigenvalue weighted by molar-refractivity contribution is 0.0734. The molecule has 0 saturated carbocycles. The minimum atomic E-state index is -0.605. The van der Waals surface area contributed by atoms with Crippen molar-refractivity contribution in [3.05, 3.63) is 58.1 Å². The zero-order valence-corrected chi connectivity index (χ0v) is 16.9. The zero-order valence-electron chi connectivity index (χ0n) is 16.2. The van der Waals surface area contributed by atoms with E-state index in [1.54, 1.807) is 37.3 Å². The van der Waals surface area contributed by atoms with Gasteiger partial charge in [-0.25, -0.2) is 9.59 Å². The lowest BCUT2D eigenvalue weighted by atomic mass is 9.85. The van der Waals surface area contributed by atoms with Gasteiger partial charge in [0.15, 0.2) is 5.75 Å². The number of halogens is 1. The number of hydrogen-bond acceptors (Lipinski definition) is 4. The Kier molecular flexibility index (Phi) is 6.50. The summed E-state index contributed by atoms with van der Waals surface area (Å²) in [7, 11) is 0. The third kappa shape index (κ3) is 5.47. The Hall–Kier alpha value is -2.53. The molecule has 0 fully saturated rings. The first-order valence-corrected chi connectivity index (χ1v) is 9.06. The Morgan fingerprint density at radius 1 is 1.11 bits per heavy atom. The van der Waals surface area contributed by atoms with Crippen molar-refractivity contribution in [1.29, 1.82) is 0 Å². The predicted octanol–water partition coefficient (Wildman–Crippen LogP) is 5.73. The Labute approximate surface area is 164 Å². The summed E-state index contributed by atoms with van der Waals surface area (Å²) in [6.07, 6.45) is -0.605. The third-order valence-electron chi connectivity index (χ3n) is 3.93. The molecule has 27 heavy (non-hydrogen) atoms. The van der Waals surface area contributed by atoms with Gasteiger partial charge in [-0.3, -0.25) is 5.32 Å². The minimum Gasteiger partial charge on any atom is -0.450 e. The molecule has 0 bridgehead atoms.